The van der Waals surface area contributed by atoms with Gasteiger partial charge in [0.25, 0.3) is 0 Å². The van der Waals surface area contributed by atoms with Gasteiger partial charge in [0.1, 0.15) is 12.5 Å². The van der Waals surface area contributed by atoms with Crippen molar-refractivity contribution in [1.29, 1.82) is 0 Å². The van der Waals surface area contributed by atoms with E-state index in [1.165, 1.54) is 13.8 Å². The first-order valence-electron chi connectivity index (χ1n) is 9.98. The third-order valence-corrected chi connectivity index (χ3v) is 7.08. The molecule has 1 fully saturated rings. The summed E-state index contributed by atoms with van der Waals surface area (Å²) in [6.07, 6.45) is -5.31. The topological polar surface area (TPSA) is 135 Å². The van der Waals surface area contributed by atoms with Crippen LogP contribution in [0.25, 0.3) is 10.4 Å². The third kappa shape index (κ3) is 4.05. The molecule has 8 nitrogen and oxygen atoms in total. The van der Waals surface area contributed by atoms with Crippen LogP contribution in [0, 0.1) is 22.6 Å². The Hall–Kier alpha value is -2.63. The molecular formula is C20H22ClF5N4O4. The third-order valence-electron chi connectivity index (χ3n) is 6.76. The van der Waals surface area contributed by atoms with Gasteiger partial charge in [0, 0.05) is 29.0 Å². The molecule has 0 aromatic heterocycles. The molecule has 188 valence electrons. The van der Waals surface area contributed by atoms with Crippen molar-refractivity contribution in [3.05, 3.63) is 44.5 Å². The minimum absolute atomic E-state index is 0.567. The molecule has 1 heterocycles. The van der Waals surface area contributed by atoms with Crippen molar-refractivity contribution in [3.8, 4) is 0 Å². The maximum absolute atomic E-state index is 15.3. The van der Waals surface area contributed by atoms with Crippen molar-refractivity contribution in [2.75, 3.05) is 13.2 Å². The van der Waals surface area contributed by atoms with E-state index in [9.17, 15) is 37.4 Å². The summed E-state index contributed by atoms with van der Waals surface area (Å²) in [4.78, 5) is 27.9. The number of aliphatic carboxylic acids is 2. The first-order valence-corrected chi connectivity index (χ1v) is 10.4. The fraction of sp³-hybridized carbons (Fsp3) is 0.600. The zero-order valence-electron chi connectivity index (χ0n) is 18.2. The highest BCUT2D eigenvalue weighted by atomic mass is 35.5. The van der Waals surface area contributed by atoms with Crippen molar-refractivity contribution >= 4 is 23.5 Å². The van der Waals surface area contributed by atoms with Gasteiger partial charge in [-0.3, -0.25) is 9.59 Å². The molecule has 1 aromatic carbocycles. The quantitative estimate of drug-likeness (QED) is 0.204. The van der Waals surface area contributed by atoms with Crippen LogP contribution in [-0.2, 0) is 15.8 Å². The standard InChI is InChI=1S/C20H22ClF5N4O4/c1-8(2)19(17(33)34)12(7-28-30-27)29-11(6-22)18(3,16(31)32)15(19)13-10(23)5-4-9(21)14(13)20(24,25)26/h4-5,8,11-12,15,29H,6-7H2,1-3H3,(H,31,32)(H,33,34). The SMILES string of the molecule is CC(C)C1(C(=O)O)C(CN=[N+]=[N-])NC(CF)C(C)(C(=O)O)C1c1c(F)ccc(Cl)c1C(F)(F)F. The molecule has 1 saturated heterocycles. The Balaban J connectivity index is 3.21. The number of piperidine rings is 1. The second-order valence-electron chi connectivity index (χ2n) is 8.57. The monoisotopic (exact) mass is 512 g/mol. The summed E-state index contributed by atoms with van der Waals surface area (Å²) in [6, 6.07) is -2.14. The van der Waals surface area contributed by atoms with Gasteiger partial charge in [-0.25, -0.2) is 8.78 Å². The molecule has 1 aliphatic rings. The minimum atomic E-state index is -5.31. The van der Waals surface area contributed by atoms with Crippen molar-refractivity contribution in [2.24, 2.45) is 21.9 Å². The number of carbonyl (C=O) groups is 2. The highest BCUT2D eigenvalue weighted by Gasteiger charge is 2.69. The van der Waals surface area contributed by atoms with Crippen LogP contribution in [0.15, 0.2) is 17.2 Å². The lowest BCUT2D eigenvalue weighted by Crippen LogP contribution is -2.73. The first kappa shape index (κ1) is 27.6. The normalized spacial score (nSPS) is 29.5. The molecule has 0 spiro atoms. The molecule has 1 aliphatic heterocycles. The fourth-order valence-electron chi connectivity index (χ4n) is 5.18. The van der Waals surface area contributed by atoms with Gasteiger partial charge in [0.05, 0.1) is 27.5 Å². The average Bonchev–Trinajstić information content (AvgIpc) is 2.72. The van der Waals surface area contributed by atoms with Crippen LogP contribution < -0.4 is 5.32 Å². The van der Waals surface area contributed by atoms with Crippen LogP contribution in [0.4, 0.5) is 22.0 Å². The van der Waals surface area contributed by atoms with E-state index in [1.807, 2.05) is 0 Å². The first-order chi connectivity index (χ1) is 15.6. The highest BCUT2D eigenvalue weighted by Crippen LogP contribution is 2.61. The Morgan fingerprint density at radius 2 is 1.85 bits per heavy atom. The second-order valence-corrected chi connectivity index (χ2v) is 8.98. The van der Waals surface area contributed by atoms with E-state index in [0.717, 1.165) is 6.92 Å². The smallest absolute Gasteiger partial charge is 0.418 e. The highest BCUT2D eigenvalue weighted by molar-refractivity contribution is 6.31. The lowest BCUT2D eigenvalue weighted by molar-refractivity contribution is -0.179. The molecule has 0 aliphatic carbocycles. The van der Waals surface area contributed by atoms with Crippen LogP contribution in [0.5, 0.6) is 0 Å². The maximum Gasteiger partial charge on any atom is 0.418 e. The van der Waals surface area contributed by atoms with E-state index in [1.54, 1.807) is 0 Å². The summed E-state index contributed by atoms with van der Waals surface area (Å²) < 4.78 is 71.8. The molecular weight excluding hydrogens is 491 g/mol. The zero-order chi connectivity index (χ0) is 26.2. The Morgan fingerprint density at radius 1 is 1.26 bits per heavy atom. The molecule has 0 radical (unpaired) electrons. The summed E-state index contributed by atoms with van der Waals surface area (Å²) in [5.41, 5.74) is 0.609. The molecule has 1 aromatic rings. The van der Waals surface area contributed by atoms with Gasteiger partial charge in [0.15, 0.2) is 0 Å². The number of carboxylic acids is 2. The summed E-state index contributed by atoms with van der Waals surface area (Å²) in [6.45, 7) is 1.30. The van der Waals surface area contributed by atoms with Gasteiger partial charge in [0.2, 0.25) is 0 Å². The summed E-state index contributed by atoms with van der Waals surface area (Å²) >= 11 is 5.78. The van der Waals surface area contributed by atoms with E-state index >= 15 is 4.39 Å². The van der Waals surface area contributed by atoms with Gasteiger partial charge < -0.3 is 15.5 Å². The molecule has 14 heteroatoms. The van der Waals surface area contributed by atoms with E-state index in [4.69, 9.17) is 17.1 Å². The molecule has 0 bridgehead atoms. The van der Waals surface area contributed by atoms with Gasteiger partial charge in [-0.05, 0) is 30.5 Å². The number of rotatable bonds is 7. The Kier molecular flexibility index (Phi) is 7.76. The fourth-order valence-corrected chi connectivity index (χ4v) is 5.46. The van der Waals surface area contributed by atoms with Crippen LogP contribution in [-0.4, -0.2) is 47.5 Å². The lowest BCUT2D eigenvalue weighted by Gasteiger charge is -2.58. The minimum Gasteiger partial charge on any atom is -0.481 e. The van der Waals surface area contributed by atoms with Crippen LogP contribution >= 0.6 is 11.6 Å². The number of azide groups is 1. The van der Waals surface area contributed by atoms with E-state index in [2.05, 4.69) is 15.3 Å². The van der Waals surface area contributed by atoms with Gasteiger partial charge >= 0.3 is 18.1 Å². The molecule has 0 amide bonds. The number of halogens is 6. The number of hydrogen-bond acceptors (Lipinski definition) is 4. The summed E-state index contributed by atoms with van der Waals surface area (Å²) in [5, 5.41) is 25.3. The largest absolute Gasteiger partial charge is 0.481 e. The number of carboxylic acid groups (broad SMARTS) is 2. The number of hydrogen-bond donors (Lipinski definition) is 3. The molecule has 5 atom stereocenters. The molecule has 3 N–H and O–H groups in total. The average molecular weight is 513 g/mol. The molecule has 34 heavy (non-hydrogen) atoms. The van der Waals surface area contributed by atoms with Crippen LogP contribution in [0.1, 0.15) is 37.8 Å². The van der Waals surface area contributed by atoms with Gasteiger partial charge in [-0.15, -0.1) is 0 Å². The van der Waals surface area contributed by atoms with Crippen molar-refractivity contribution in [1.82, 2.24) is 5.32 Å². The van der Waals surface area contributed by atoms with Crippen molar-refractivity contribution < 1.29 is 41.8 Å². The van der Waals surface area contributed by atoms with E-state index in [0.29, 0.717) is 12.1 Å². The number of nitrogens with one attached hydrogen (secondary N) is 1. The van der Waals surface area contributed by atoms with E-state index in [-0.39, 0.29) is 0 Å². The summed E-state index contributed by atoms with van der Waals surface area (Å²) in [5.74, 6) is -8.63. The number of benzene rings is 1. The predicted octanol–water partition coefficient (Wildman–Crippen LogP) is 5.02. The Labute approximate surface area is 195 Å². The zero-order valence-corrected chi connectivity index (χ0v) is 19.0. The van der Waals surface area contributed by atoms with Gasteiger partial charge in [-0.2, -0.15) is 13.2 Å². The Bertz CT molecular complexity index is 1030. The van der Waals surface area contributed by atoms with Crippen molar-refractivity contribution in [2.45, 2.75) is 44.9 Å². The molecule has 0 saturated carbocycles. The Morgan fingerprint density at radius 3 is 2.26 bits per heavy atom. The number of nitrogens with zero attached hydrogens (tertiary/aromatic N) is 3. The number of alkyl halides is 4. The molecule has 2 rings (SSSR count). The van der Waals surface area contributed by atoms with Crippen molar-refractivity contribution in [3.63, 3.8) is 0 Å². The van der Waals surface area contributed by atoms with Crippen LogP contribution in [0.2, 0.25) is 5.02 Å². The van der Waals surface area contributed by atoms with Crippen LogP contribution in [0.3, 0.4) is 0 Å². The lowest BCUT2D eigenvalue weighted by atomic mass is 9.48. The predicted molar refractivity (Wildman–Crippen MR) is 111 cm³/mol. The van der Waals surface area contributed by atoms with Gasteiger partial charge in [-0.1, -0.05) is 30.6 Å². The molecule has 5 unspecified atom stereocenters. The second kappa shape index (κ2) is 9.55. The summed E-state index contributed by atoms with van der Waals surface area (Å²) in [7, 11) is 0. The van der Waals surface area contributed by atoms with E-state index < -0.39 is 88.1 Å². The maximum atomic E-state index is 15.3.